The van der Waals surface area contributed by atoms with Crippen molar-refractivity contribution >= 4 is 27.3 Å². The van der Waals surface area contributed by atoms with Crippen molar-refractivity contribution in [1.29, 1.82) is 0 Å². The Labute approximate surface area is 210 Å². The zero-order chi connectivity index (χ0) is 25.0. The summed E-state index contributed by atoms with van der Waals surface area (Å²) in [6.45, 7) is 0.963. The predicted molar refractivity (Wildman–Crippen MR) is 138 cm³/mol. The molecule has 1 amide bonds. The maximum absolute atomic E-state index is 13.8. The van der Waals surface area contributed by atoms with E-state index in [4.69, 9.17) is 9.47 Å². The molecule has 1 aliphatic heterocycles. The molecule has 0 bridgehead atoms. The van der Waals surface area contributed by atoms with Gasteiger partial charge >= 0.3 is 0 Å². The molecular weight excluding hydrogens is 476 g/mol. The van der Waals surface area contributed by atoms with E-state index in [9.17, 15) is 13.2 Å². The molecule has 1 N–H and O–H groups in total. The van der Waals surface area contributed by atoms with Crippen LogP contribution in [0.15, 0.2) is 108 Å². The van der Waals surface area contributed by atoms with Gasteiger partial charge in [-0.25, -0.2) is 8.42 Å². The number of rotatable bonds is 7. The Morgan fingerprint density at radius 2 is 1.42 bits per heavy atom. The summed E-state index contributed by atoms with van der Waals surface area (Å²) in [5.74, 6) is 0.718. The number of anilines is 2. The summed E-state index contributed by atoms with van der Waals surface area (Å²) in [4.78, 5) is 13.6. The smallest absolute Gasteiger partial charge is 0.264 e. The fraction of sp³-hybridized carbons (Fsp3) is 0.107. The molecule has 0 unspecified atom stereocenters. The lowest BCUT2D eigenvalue weighted by Gasteiger charge is -2.26. The van der Waals surface area contributed by atoms with Gasteiger partial charge in [0.05, 0.1) is 22.7 Å². The van der Waals surface area contributed by atoms with Gasteiger partial charge in [-0.2, -0.15) is 0 Å². The van der Waals surface area contributed by atoms with Crippen LogP contribution in [0.25, 0.3) is 0 Å². The minimum atomic E-state index is -3.98. The van der Waals surface area contributed by atoms with Crippen LogP contribution >= 0.6 is 0 Å². The van der Waals surface area contributed by atoms with Crippen molar-refractivity contribution in [2.75, 3.05) is 22.8 Å². The largest absolute Gasteiger partial charge is 0.486 e. The highest BCUT2D eigenvalue weighted by molar-refractivity contribution is 7.92. The highest BCUT2D eigenvalue weighted by Gasteiger charge is 2.28. The summed E-state index contributed by atoms with van der Waals surface area (Å²) in [7, 11) is -3.98. The third-order valence-corrected chi connectivity index (χ3v) is 7.49. The topological polar surface area (TPSA) is 84.9 Å². The van der Waals surface area contributed by atoms with Crippen LogP contribution in [0.4, 0.5) is 11.4 Å². The van der Waals surface area contributed by atoms with Crippen molar-refractivity contribution in [1.82, 2.24) is 0 Å². The monoisotopic (exact) mass is 500 g/mol. The van der Waals surface area contributed by atoms with Crippen molar-refractivity contribution in [3.63, 3.8) is 0 Å². The first kappa shape index (κ1) is 23.4. The van der Waals surface area contributed by atoms with E-state index in [1.807, 2.05) is 30.3 Å². The maximum atomic E-state index is 13.8. The van der Waals surface area contributed by atoms with Gasteiger partial charge in [0.15, 0.2) is 11.5 Å². The van der Waals surface area contributed by atoms with Crippen LogP contribution in [0.5, 0.6) is 11.5 Å². The number of carbonyl (C=O) groups excluding carboxylic acids is 1. The number of para-hydroxylation sites is 1. The first-order chi connectivity index (χ1) is 17.5. The molecule has 4 aromatic rings. The molecule has 1 heterocycles. The Balaban J connectivity index is 1.52. The molecule has 0 saturated carbocycles. The van der Waals surface area contributed by atoms with Crippen LogP contribution < -0.4 is 19.1 Å². The molecule has 5 rings (SSSR count). The molecule has 36 heavy (non-hydrogen) atoms. The van der Waals surface area contributed by atoms with Crippen LogP contribution in [-0.2, 0) is 16.6 Å². The Bertz CT molecular complexity index is 1470. The van der Waals surface area contributed by atoms with E-state index in [0.717, 1.165) is 5.56 Å². The minimum absolute atomic E-state index is 0.0619. The molecule has 182 valence electrons. The molecular formula is C28H24N2O5S. The molecule has 0 fully saturated rings. The predicted octanol–water partition coefficient (Wildman–Crippen LogP) is 5.11. The number of nitrogens with zero attached hydrogens (tertiary/aromatic N) is 1. The molecule has 0 atom stereocenters. The zero-order valence-electron chi connectivity index (χ0n) is 19.3. The fourth-order valence-corrected chi connectivity index (χ4v) is 5.46. The second kappa shape index (κ2) is 10.1. The van der Waals surface area contributed by atoms with Gasteiger partial charge in [-0.15, -0.1) is 0 Å². The molecule has 0 spiro atoms. The second-order valence-corrected chi connectivity index (χ2v) is 10.0. The number of nitrogens with one attached hydrogen (secondary N) is 1. The summed E-state index contributed by atoms with van der Waals surface area (Å²) < 4.78 is 40.0. The van der Waals surface area contributed by atoms with Crippen molar-refractivity contribution in [2.45, 2.75) is 11.4 Å². The van der Waals surface area contributed by atoms with Gasteiger partial charge in [0.25, 0.3) is 15.9 Å². The van der Waals surface area contributed by atoms with Gasteiger partial charge in [0.2, 0.25) is 0 Å². The quantitative estimate of drug-likeness (QED) is 0.381. The van der Waals surface area contributed by atoms with Gasteiger partial charge in [0, 0.05) is 11.8 Å². The number of benzene rings is 4. The summed E-state index contributed by atoms with van der Waals surface area (Å²) >= 11 is 0. The van der Waals surface area contributed by atoms with Crippen molar-refractivity contribution < 1.29 is 22.7 Å². The third kappa shape index (κ3) is 4.89. The highest BCUT2D eigenvalue weighted by Crippen LogP contribution is 2.34. The molecule has 0 radical (unpaired) electrons. The van der Waals surface area contributed by atoms with Gasteiger partial charge in [-0.1, -0.05) is 60.7 Å². The lowest BCUT2D eigenvalue weighted by molar-refractivity contribution is 0.102. The lowest BCUT2D eigenvalue weighted by Crippen LogP contribution is -2.32. The third-order valence-electron chi connectivity index (χ3n) is 5.72. The average Bonchev–Trinajstić information content (AvgIpc) is 2.92. The van der Waals surface area contributed by atoms with E-state index in [0.29, 0.717) is 30.4 Å². The lowest BCUT2D eigenvalue weighted by atomic mass is 10.1. The molecule has 0 saturated heterocycles. The number of fused-ring (bicyclic) bond motifs is 1. The van der Waals surface area contributed by atoms with Gasteiger partial charge in [-0.3, -0.25) is 9.10 Å². The van der Waals surface area contributed by atoms with E-state index in [1.165, 1.54) is 4.31 Å². The van der Waals surface area contributed by atoms with E-state index in [-0.39, 0.29) is 22.7 Å². The van der Waals surface area contributed by atoms with Gasteiger partial charge in [0.1, 0.15) is 13.2 Å². The van der Waals surface area contributed by atoms with E-state index >= 15 is 0 Å². The Morgan fingerprint density at radius 1 is 0.778 bits per heavy atom. The van der Waals surface area contributed by atoms with E-state index in [1.54, 1.807) is 72.8 Å². The molecule has 8 heteroatoms. The number of sulfonamides is 1. The van der Waals surface area contributed by atoms with Crippen molar-refractivity contribution in [3.05, 3.63) is 114 Å². The van der Waals surface area contributed by atoms with Crippen LogP contribution in [0, 0.1) is 0 Å². The molecule has 0 aliphatic carbocycles. The summed E-state index contributed by atoms with van der Waals surface area (Å²) in [5, 5.41) is 2.86. The Morgan fingerprint density at radius 3 is 2.17 bits per heavy atom. The van der Waals surface area contributed by atoms with Gasteiger partial charge < -0.3 is 14.8 Å². The van der Waals surface area contributed by atoms with E-state index < -0.39 is 15.9 Å². The highest BCUT2D eigenvalue weighted by atomic mass is 32.2. The first-order valence-corrected chi connectivity index (χ1v) is 12.9. The molecule has 0 aromatic heterocycles. The standard InChI is InChI=1S/C28H24N2O5S/c31-28(29-22-15-16-26-27(19-22)35-18-17-34-26)24-13-7-8-14-25(24)30(20-21-9-3-1-4-10-21)36(32,33)23-11-5-2-6-12-23/h1-16,19H,17-18,20H2,(H,29,31). The summed E-state index contributed by atoms with van der Waals surface area (Å²) in [6.07, 6.45) is 0. The first-order valence-electron chi connectivity index (χ1n) is 11.4. The molecule has 7 nitrogen and oxygen atoms in total. The van der Waals surface area contributed by atoms with E-state index in [2.05, 4.69) is 5.32 Å². The second-order valence-electron chi connectivity index (χ2n) is 8.14. The molecule has 1 aliphatic rings. The summed E-state index contributed by atoms with van der Waals surface area (Å²) in [6, 6.07) is 29.3. The molecule has 4 aromatic carbocycles. The number of carbonyl (C=O) groups is 1. The van der Waals surface area contributed by atoms with Gasteiger partial charge in [-0.05, 0) is 42.0 Å². The van der Waals surface area contributed by atoms with Crippen LogP contribution in [0.2, 0.25) is 0 Å². The average molecular weight is 501 g/mol. The number of ether oxygens (including phenoxy) is 2. The van der Waals surface area contributed by atoms with Crippen LogP contribution in [-0.4, -0.2) is 27.5 Å². The van der Waals surface area contributed by atoms with Crippen molar-refractivity contribution in [2.24, 2.45) is 0 Å². The van der Waals surface area contributed by atoms with Crippen LogP contribution in [0.3, 0.4) is 0 Å². The van der Waals surface area contributed by atoms with Crippen LogP contribution in [0.1, 0.15) is 15.9 Å². The Hall–Kier alpha value is -4.30. The number of hydrogen-bond acceptors (Lipinski definition) is 5. The minimum Gasteiger partial charge on any atom is -0.486 e. The zero-order valence-corrected chi connectivity index (χ0v) is 20.1. The maximum Gasteiger partial charge on any atom is 0.264 e. The number of hydrogen-bond donors (Lipinski definition) is 1. The SMILES string of the molecule is O=C(Nc1ccc2c(c1)OCCO2)c1ccccc1N(Cc1ccccc1)S(=O)(=O)c1ccccc1. The summed E-state index contributed by atoms with van der Waals surface area (Å²) in [5.41, 5.74) is 1.81. The Kier molecular flexibility index (Phi) is 6.60. The normalized spacial score (nSPS) is 12.6. The fourth-order valence-electron chi connectivity index (χ4n) is 3.97. The van der Waals surface area contributed by atoms with Crippen molar-refractivity contribution in [3.8, 4) is 11.5 Å². The number of amides is 1.